The Bertz CT molecular complexity index is 1680. The molecule has 236 valence electrons. The first-order valence-electron chi connectivity index (χ1n) is 14.7. The summed E-state index contributed by atoms with van der Waals surface area (Å²) in [5, 5.41) is 3.15. The van der Waals surface area contributed by atoms with E-state index < -0.39 is 28.5 Å². The van der Waals surface area contributed by atoms with Crippen molar-refractivity contribution in [2.24, 2.45) is 5.92 Å². The maximum Gasteiger partial charge on any atom is 0.264 e. The number of hydrogen-bond acceptors (Lipinski definition) is 5. The lowest BCUT2D eigenvalue weighted by atomic mass is 10.0. The fraction of sp³-hybridized carbons (Fsp3) is 0.257. The van der Waals surface area contributed by atoms with Crippen molar-refractivity contribution >= 4 is 39.1 Å². The second-order valence-corrected chi connectivity index (χ2v) is 13.3. The van der Waals surface area contributed by atoms with Crippen LogP contribution < -0.4 is 14.4 Å². The van der Waals surface area contributed by atoms with Gasteiger partial charge in [0.1, 0.15) is 18.3 Å². The maximum absolute atomic E-state index is 14.5. The monoisotopic (exact) mass is 647 g/mol. The lowest BCUT2D eigenvalue weighted by Crippen LogP contribution is -2.53. The van der Waals surface area contributed by atoms with Crippen LogP contribution in [0.5, 0.6) is 5.75 Å². The molecule has 1 N–H and O–H groups in total. The topological polar surface area (TPSA) is 96.0 Å². The molecule has 0 aromatic heterocycles. The van der Waals surface area contributed by atoms with Gasteiger partial charge in [0.2, 0.25) is 11.8 Å². The van der Waals surface area contributed by atoms with Gasteiger partial charge in [0.15, 0.2) is 0 Å². The molecule has 0 fully saturated rings. The van der Waals surface area contributed by atoms with Crippen molar-refractivity contribution in [3.05, 3.63) is 125 Å². The summed E-state index contributed by atoms with van der Waals surface area (Å²) >= 11 is 6.52. The molecule has 0 aliphatic rings. The highest BCUT2D eigenvalue weighted by Crippen LogP contribution is 2.31. The van der Waals surface area contributed by atoms with Crippen molar-refractivity contribution in [1.82, 2.24) is 10.2 Å². The van der Waals surface area contributed by atoms with Crippen LogP contribution in [0.2, 0.25) is 5.02 Å². The zero-order valence-electron chi connectivity index (χ0n) is 25.6. The predicted octanol–water partition coefficient (Wildman–Crippen LogP) is 5.96. The number of benzene rings is 4. The molecule has 0 unspecified atom stereocenters. The lowest BCUT2D eigenvalue weighted by molar-refractivity contribution is -0.140. The minimum Gasteiger partial charge on any atom is -0.497 e. The van der Waals surface area contributed by atoms with E-state index in [1.54, 1.807) is 67.8 Å². The Morgan fingerprint density at radius 3 is 2.11 bits per heavy atom. The highest BCUT2D eigenvalue weighted by Gasteiger charge is 2.35. The summed E-state index contributed by atoms with van der Waals surface area (Å²) in [6.45, 7) is 3.83. The summed E-state index contributed by atoms with van der Waals surface area (Å²) in [5.74, 6) is -0.134. The van der Waals surface area contributed by atoms with Crippen molar-refractivity contribution in [3.8, 4) is 5.75 Å². The number of sulfonamides is 1. The molecule has 0 bridgehead atoms. The first-order chi connectivity index (χ1) is 21.6. The van der Waals surface area contributed by atoms with Crippen molar-refractivity contribution in [3.63, 3.8) is 0 Å². The fourth-order valence-corrected chi connectivity index (χ4v) is 6.57. The van der Waals surface area contributed by atoms with E-state index in [-0.39, 0.29) is 40.4 Å². The van der Waals surface area contributed by atoms with E-state index in [2.05, 4.69) is 5.32 Å². The number of methoxy groups -OCH3 is 1. The van der Waals surface area contributed by atoms with Gasteiger partial charge in [-0.3, -0.25) is 13.9 Å². The van der Waals surface area contributed by atoms with Crippen LogP contribution in [0.4, 0.5) is 5.69 Å². The minimum absolute atomic E-state index is 0.00702. The molecule has 10 heteroatoms. The number of amides is 2. The number of para-hydroxylation sites is 1. The quantitative estimate of drug-likeness (QED) is 0.182. The Morgan fingerprint density at radius 2 is 1.47 bits per heavy atom. The standard InChI is InChI=1S/C35H38ClN3O5S/c1-26(2)23-37-35(41)33(22-27-13-6-4-7-14-27)38(24-28-15-12-16-29(21-28)44-3)34(40)25-39(32-20-11-10-19-31(32)36)45(42,43)30-17-8-5-9-18-30/h4-21,26,33H,22-25H2,1-3H3,(H,37,41)/t33-/m0/s1. The van der Waals surface area contributed by atoms with Crippen LogP contribution in [-0.4, -0.2) is 51.4 Å². The molecular formula is C35H38ClN3O5S. The third kappa shape index (κ3) is 8.86. The fourth-order valence-electron chi connectivity index (χ4n) is 4.83. The molecule has 4 rings (SSSR count). The van der Waals surface area contributed by atoms with Gasteiger partial charge < -0.3 is 15.0 Å². The molecular weight excluding hydrogens is 610 g/mol. The zero-order chi connectivity index (χ0) is 32.4. The normalized spacial score (nSPS) is 11.9. The number of rotatable bonds is 14. The highest BCUT2D eigenvalue weighted by atomic mass is 35.5. The summed E-state index contributed by atoms with van der Waals surface area (Å²) in [5.41, 5.74) is 1.72. The summed E-state index contributed by atoms with van der Waals surface area (Å²) in [6, 6.07) is 30.0. The number of carbonyl (C=O) groups excluding carboxylic acids is 2. The summed E-state index contributed by atoms with van der Waals surface area (Å²) in [4.78, 5) is 29.8. The predicted molar refractivity (Wildman–Crippen MR) is 178 cm³/mol. The third-order valence-corrected chi connectivity index (χ3v) is 9.27. The number of ether oxygens (including phenoxy) is 1. The van der Waals surface area contributed by atoms with Crippen LogP contribution in [0.1, 0.15) is 25.0 Å². The van der Waals surface area contributed by atoms with Crippen LogP contribution in [0, 0.1) is 5.92 Å². The largest absolute Gasteiger partial charge is 0.497 e. The zero-order valence-corrected chi connectivity index (χ0v) is 27.2. The molecule has 4 aromatic carbocycles. The number of carbonyl (C=O) groups is 2. The number of nitrogens with zero attached hydrogens (tertiary/aromatic N) is 2. The molecule has 2 amide bonds. The molecule has 0 aliphatic carbocycles. The number of nitrogens with one attached hydrogen (secondary N) is 1. The smallest absolute Gasteiger partial charge is 0.264 e. The molecule has 0 heterocycles. The van der Waals surface area contributed by atoms with E-state index in [4.69, 9.17) is 16.3 Å². The Hall–Kier alpha value is -4.34. The van der Waals surface area contributed by atoms with E-state index in [9.17, 15) is 18.0 Å². The van der Waals surface area contributed by atoms with Crippen molar-refractivity contribution < 1.29 is 22.7 Å². The maximum atomic E-state index is 14.5. The third-order valence-electron chi connectivity index (χ3n) is 7.17. The second-order valence-electron chi connectivity index (χ2n) is 11.0. The van der Waals surface area contributed by atoms with Gasteiger partial charge in [-0.25, -0.2) is 8.42 Å². The number of anilines is 1. The van der Waals surface area contributed by atoms with Crippen LogP contribution in [0.25, 0.3) is 0 Å². The first-order valence-corrected chi connectivity index (χ1v) is 16.5. The summed E-state index contributed by atoms with van der Waals surface area (Å²) in [6.07, 6.45) is 0.220. The second kappa shape index (κ2) is 15.6. The van der Waals surface area contributed by atoms with Gasteiger partial charge >= 0.3 is 0 Å². The first kappa shape index (κ1) is 33.6. The molecule has 0 saturated carbocycles. The Morgan fingerprint density at radius 1 is 0.844 bits per heavy atom. The Kier molecular flexibility index (Phi) is 11.6. The number of halogens is 1. The molecule has 8 nitrogen and oxygen atoms in total. The average molecular weight is 648 g/mol. The number of hydrogen-bond donors (Lipinski definition) is 1. The van der Waals surface area contributed by atoms with Gasteiger partial charge in [0.05, 0.1) is 22.7 Å². The highest BCUT2D eigenvalue weighted by molar-refractivity contribution is 7.92. The molecule has 4 aromatic rings. The van der Waals surface area contributed by atoms with Gasteiger partial charge in [-0.05, 0) is 53.4 Å². The van der Waals surface area contributed by atoms with E-state index in [1.165, 1.54) is 17.0 Å². The van der Waals surface area contributed by atoms with Gasteiger partial charge in [0, 0.05) is 19.5 Å². The van der Waals surface area contributed by atoms with Gasteiger partial charge in [-0.1, -0.05) is 98.2 Å². The van der Waals surface area contributed by atoms with Crippen LogP contribution >= 0.6 is 11.6 Å². The SMILES string of the molecule is COc1cccc(CN(C(=O)CN(c2ccccc2Cl)S(=O)(=O)c2ccccc2)[C@@H](Cc2ccccc2)C(=O)NCC(C)C)c1. The van der Waals surface area contributed by atoms with Crippen LogP contribution in [0.3, 0.4) is 0 Å². The molecule has 0 radical (unpaired) electrons. The molecule has 1 atom stereocenters. The van der Waals surface area contributed by atoms with E-state index >= 15 is 0 Å². The molecule has 0 spiro atoms. The van der Waals surface area contributed by atoms with Crippen LogP contribution in [-0.2, 0) is 32.6 Å². The Labute approximate surface area is 270 Å². The van der Waals surface area contributed by atoms with E-state index in [0.29, 0.717) is 17.9 Å². The van der Waals surface area contributed by atoms with E-state index in [0.717, 1.165) is 9.87 Å². The molecule has 0 saturated heterocycles. The van der Waals surface area contributed by atoms with Gasteiger partial charge in [-0.15, -0.1) is 0 Å². The van der Waals surface area contributed by atoms with Crippen molar-refractivity contribution in [1.29, 1.82) is 0 Å². The van der Waals surface area contributed by atoms with Gasteiger partial charge in [0.25, 0.3) is 10.0 Å². The minimum atomic E-state index is -4.23. The van der Waals surface area contributed by atoms with E-state index in [1.807, 2.05) is 50.2 Å². The van der Waals surface area contributed by atoms with Crippen LogP contribution in [0.15, 0.2) is 114 Å². The summed E-state index contributed by atoms with van der Waals surface area (Å²) in [7, 11) is -2.68. The van der Waals surface area contributed by atoms with Gasteiger partial charge in [-0.2, -0.15) is 0 Å². The summed E-state index contributed by atoms with van der Waals surface area (Å²) < 4.78 is 34.5. The average Bonchev–Trinajstić information content (AvgIpc) is 3.05. The van der Waals surface area contributed by atoms with Crippen molar-refractivity contribution in [2.75, 3.05) is 24.5 Å². The lowest BCUT2D eigenvalue weighted by Gasteiger charge is -2.34. The van der Waals surface area contributed by atoms with Crippen molar-refractivity contribution in [2.45, 2.75) is 37.8 Å². The molecule has 0 aliphatic heterocycles. The molecule has 45 heavy (non-hydrogen) atoms. The Balaban J connectivity index is 1.81.